The molecule has 35 heavy (non-hydrogen) atoms. The number of aromatic nitrogens is 1. The largest absolute Gasteiger partial charge is 0.433 e. The Hall–Kier alpha value is -3.93. The number of rotatable bonds is 8. The van der Waals surface area contributed by atoms with Gasteiger partial charge in [0, 0.05) is 25.5 Å². The number of nitrogens with one attached hydrogen (secondary N) is 1. The maximum Gasteiger partial charge on any atom is 0.433 e. The fraction of sp³-hybridized carbons (Fsp3) is 0.269. The van der Waals surface area contributed by atoms with E-state index < -0.39 is 17.9 Å². The second-order valence-corrected chi connectivity index (χ2v) is 8.03. The number of pyridine rings is 1. The Morgan fingerprint density at radius 2 is 1.86 bits per heavy atom. The maximum atomic E-state index is 14.0. The van der Waals surface area contributed by atoms with Crippen molar-refractivity contribution in [1.29, 1.82) is 5.26 Å². The van der Waals surface area contributed by atoms with Gasteiger partial charge < -0.3 is 10.2 Å². The molecule has 1 unspecified atom stereocenters. The summed E-state index contributed by atoms with van der Waals surface area (Å²) in [7, 11) is 1.51. The van der Waals surface area contributed by atoms with Gasteiger partial charge >= 0.3 is 6.18 Å². The third kappa shape index (κ3) is 6.35. The summed E-state index contributed by atoms with van der Waals surface area (Å²) in [5, 5.41) is 11.8. The Bertz CT molecular complexity index is 1200. The molecule has 1 amide bonds. The minimum Gasteiger partial charge on any atom is -0.357 e. The molecule has 0 radical (unpaired) electrons. The van der Waals surface area contributed by atoms with E-state index in [1.54, 1.807) is 43.3 Å². The zero-order valence-electron chi connectivity index (χ0n) is 19.2. The highest BCUT2D eigenvalue weighted by Gasteiger charge is 2.32. The third-order valence-electron chi connectivity index (χ3n) is 5.61. The normalized spacial score (nSPS) is 12.0. The molecule has 9 heteroatoms. The molecule has 182 valence electrons. The van der Waals surface area contributed by atoms with Crippen LogP contribution in [-0.2, 0) is 17.4 Å². The minimum atomic E-state index is -4.50. The summed E-state index contributed by atoms with van der Waals surface area (Å²) in [5.41, 5.74) is 1.79. The summed E-state index contributed by atoms with van der Waals surface area (Å²) >= 11 is 0. The Morgan fingerprint density at radius 3 is 2.40 bits per heavy atom. The van der Waals surface area contributed by atoms with Gasteiger partial charge in [-0.25, -0.2) is 4.39 Å². The molecule has 1 atom stereocenters. The lowest BCUT2D eigenvalue weighted by atomic mass is 10.0. The number of aryl methyl sites for hydroxylation is 2. The number of alkyl halides is 3. The van der Waals surface area contributed by atoms with E-state index in [4.69, 9.17) is 5.26 Å². The second kappa shape index (κ2) is 11.0. The van der Waals surface area contributed by atoms with Crippen molar-refractivity contribution in [3.05, 3.63) is 94.6 Å². The van der Waals surface area contributed by atoms with Crippen LogP contribution in [0.3, 0.4) is 0 Å². The standard InChI is InChI=1S/C26H24F4N4O/c1-17-14-21(10-11-22(17)27)34(13-3-4-19-7-12-23(33-16-19)26(28,29)30)24(25(35)32-2)20-8-5-18(15-31)6-9-20/h5-12,14,16,24H,3-4,13H2,1-2H3,(H,32,35). The number of hydrogen-bond donors (Lipinski definition) is 1. The monoisotopic (exact) mass is 484 g/mol. The number of carbonyl (C=O) groups is 1. The number of likely N-dealkylation sites (N-methyl/N-ethyl adjacent to an activating group) is 1. The van der Waals surface area contributed by atoms with Crippen molar-refractivity contribution >= 4 is 11.6 Å². The van der Waals surface area contributed by atoms with Crippen molar-refractivity contribution in [2.75, 3.05) is 18.5 Å². The highest BCUT2D eigenvalue weighted by atomic mass is 19.4. The highest BCUT2D eigenvalue weighted by Crippen LogP contribution is 2.30. The van der Waals surface area contributed by atoms with Crippen LogP contribution in [0, 0.1) is 24.1 Å². The van der Waals surface area contributed by atoms with Gasteiger partial charge in [-0.05, 0) is 72.9 Å². The van der Waals surface area contributed by atoms with Gasteiger partial charge in [0.1, 0.15) is 17.6 Å². The van der Waals surface area contributed by atoms with Gasteiger partial charge in [0.25, 0.3) is 0 Å². The van der Waals surface area contributed by atoms with Gasteiger partial charge in [-0.15, -0.1) is 0 Å². The van der Waals surface area contributed by atoms with E-state index in [1.807, 2.05) is 11.0 Å². The molecular weight excluding hydrogens is 460 g/mol. The van der Waals surface area contributed by atoms with Crippen LogP contribution in [0.5, 0.6) is 0 Å². The zero-order valence-corrected chi connectivity index (χ0v) is 19.2. The number of nitriles is 1. The van der Waals surface area contributed by atoms with Crippen molar-refractivity contribution in [3.63, 3.8) is 0 Å². The molecule has 1 N–H and O–H groups in total. The predicted molar refractivity (Wildman–Crippen MR) is 124 cm³/mol. The number of nitrogens with zero attached hydrogens (tertiary/aromatic N) is 3. The van der Waals surface area contributed by atoms with Crippen molar-refractivity contribution in [1.82, 2.24) is 10.3 Å². The van der Waals surface area contributed by atoms with Gasteiger partial charge in [-0.2, -0.15) is 18.4 Å². The van der Waals surface area contributed by atoms with Crippen molar-refractivity contribution < 1.29 is 22.4 Å². The van der Waals surface area contributed by atoms with E-state index >= 15 is 0 Å². The maximum absolute atomic E-state index is 14.0. The summed E-state index contributed by atoms with van der Waals surface area (Å²) in [5.74, 6) is -0.674. The van der Waals surface area contributed by atoms with E-state index in [1.165, 1.54) is 25.4 Å². The molecule has 3 aromatic rings. The van der Waals surface area contributed by atoms with E-state index in [9.17, 15) is 22.4 Å². The number of halogens is 4. The first kappa shape index (κ1) is 25.7. The van der Waals surface area contributed by atoms with Crippen molar-refractivity contribution in [2.45, 2.75) is 32.0 Å². The smallest absolute Gasteiger partial charge is 0.357 e. The summed E-state index contributed by atoms with van der Waals surface area (Å²) in [6, 6.07) is 14.8. The lowest BCUT2D eigenvalue weighted by Gasteiger charge is -2.33. The first-order valence-electron chi connectivity index (χ1n) is 10.9. The van der Waals surface area contributed by atoms with Crippen LogP contribution >= 0.6 is 0 Å². The Labute approximate surface area is 201 Å². The van der Waals surface area contributed by atoms with Crippen LogP contribution in [0.4, 0.5) is 23.2 Å². The Balaban J connectivity index is 1.90. The van der Waals surface area contributed by atoms with Crippen LogP contribution in [0.15, 0.2) is 60.8 Å². The van der Waals surface area contributed by atoms with Gasteiger partial charge in [-0.1, -0.05) is 18.2 Å². The van der Waals surface area contributed by atoms with Crippen molar-refractivity contribution in [2.24, 2.45) is 0 Å². The molecule has 0 bridgehead atoms. The fourth-order valence-corrected chi connectivity index (χ4v) is 3.76. The third-order valence-corrected chi connectivity index (χ3v) is 5.61. The molecule has 5 nitrogen and oxygen atoms in total. The van der Waals surface area contributed by atoms with E-state index in [0.717, 1.165) is 6.07 Å². The van der Waals surface area contributed by atoms with Crippen LogP contribution in [-0.4, -0.2) is 24.5 Å². The summed E-state index contributed by atoms with van der Waals surface area (Å²) in [4.78, 5) is 18.3. The molecule has 0 aliphatic rings. The van der Waals surface area contributed by atoms with Crippen molar-refractivity contribution in [3.8, 4) is 6.07 Å². The van der Waals surface area contributed by atoms with Gasteiger partial charge in [0.2, 0.25) is 5.91 Å². The molecule has 3 rings (SSSR count). The molecule has 2 aromatic carbocycles. The number of anilines is 1. The summed E-state index contributed by atoms with van der Waals surface area (Å²) in [6.07, 6.45) is -2.38. The molecule has 1 aromatic heterocycles. The number of carbonyl (C=O) groups excluding carboxylic acids is 1. The topological polar surface area (TPSA) is 69.0 Å². The number of amides is 1. The molecule has 0 saturated carbocycles. The van der Waals surface area contributed by atoms with E-state index in [-0.39, 0.29) is 11.7 Å². The lowest BCUT2D eigenvalue weighted by Crippen LogP contribution is -2.40. The first-order chi connectivity index (χ1) is 16.6. The molecule has 0 saturated heterocycles. The second-order valence-electron chi connectivity index (χ2n) is 8.03. The molecule has 0 aliphatic heterocycles. The van der Waals surface area contributed by atoms with Crippen LogP contribution in [0.2, 0.25) is 0 Å². The number of benzene rings is 2. The summed E-state index contributed by atoms with van der Waals surface area (Å²) < 4.78 is 52.3. The summed E-state index contributed by atoms with van der Waals surface area (Å²) in [6.45, 7) is 1.98. The van der Waals surface area contributed by atoms with Crippen LogP contribution in [0.1, 0.15) is 40.4 Å². The lowest BCUT2D eigenvalue weighted by molar-refractivity contribution is -0.141. The Kier molecular flexibility index (Phi) is 8.07. The SMILES string of the molecule is CNC(=O)C(c1ccc(C#N)cc1)N(CCCc1ccc(C(F)(F)F)nc1)c1ccc(F)c(C)c1. The molecule has 0 aliphatic carbocycles. The average Bonchev–Trinajstić information content (AvgIpc) is 2.85. The van der Waals surface area contributed by atoms with Crippen LogP contribution < -0.4 is 10.2 Å². The quantitative estimate of drug-likeness (QED) is 0.438. The van der Waals surface area contributed by atoms with Gasteiger partial charge in [0.15, 0.2) is 0 Å². The highest BCUT2D eigenvalue weighted by molar-refractivity contribution is 5.86. The first-order valence-corrected chi connectivity index (χ1v) is 10.9. The number of hydrogen-bond acceptors (Lipinski definition) is 4. The van der Waals surface area contributed by atoms with Gasteiger partial charge in [-0.3, -0.25) is 9.78 Å². The molecule has 0 fully saturated rings. The predicted octanol–water partition coefficient (Wildman–Crippen LogP) is 5.35. The minimum absolute atomic E-state index is 0.298. The fourth-order valence-electron chi connectivity index (χ4n) is 3.76. The average molecular weight is 484 g/mol. The van der Waals surface area contributed by atoms with Crippen LogP contribution in [0.25, 0.3) is 0 Å². The molecular formula is C26H24F4N4O. The molecule has 1 heterocycles. The van der Waals surface area contributed by atoms with E-state index in [2.05, 4.69) is 10.3 Å². The molecule has 0 spiro atoms. The Morgan fingerprint density at radius 1 is 1.14 bits per heavy atom. The van der Waals surface area contributed by atoms with Gasteiger partial charge in [0.05, 0.1) is 11.6 Å². The zero-order chi connectivity index (χ0) is 25.6. The van der Waals surface area contributed by atoms with E-state index in [0.29, 0.717) is 47.3 Å².